The van der Waals surface area contributed by atoms with Crippen molar-refractivity contribution < 1.29 is 8.42 Å². The van der Waals surface area contributed by atoms with E-state index >= 15 is 0 Å². The second-order valence-corrected chi connectivity index (χ2v) is 7.17. The van der Waals surface area contributed by atoms with Crippen LogP contribution in [0.4, 0.5) is 0 Å². The Hall–Kier alpha value is -0.590. The van der Waals surface area contributed by atoms with Gasteiger partial charge in [0, 0.05) is 37.7 Å². The van der Waals surface area contributed by atoms with Gasteiger partial charge in [-0.15, -0.1) is 19.0 Å². The van der Waals surface area contributed by atoms with E-state index in [-0.39, 0.29) is 12.4 Å². The number of rotatable bonds is 4. The van der Waals surface area contributed by atoms with E-state index in [1.165, 1.54) is 4.31 Å². The fourth-order valence-electron chi connectivity index (χ4n) is 2.34. The van der Waals surface area contributed by atoms with Gasteiger partial charge in [0.2, 0.25) is 10.0 Å². The zero-order chi connectivity index (χ0) is 14.8. The summed E-state index contributed by atoms with van der Waals surface area (Å²) in [5.74, 6) is 0. The molecule has 2 rings (SSSR count). The van der Waals surface area contributed by atoms with Crippen LogP contribution in [0, 0.1) is 6.92 Å². The number of hydrogen-bond acceptors (Lipinski definition) is 3. The van der Waals surface area contributed by atoms with E-state index in [1.807, 2.05) is 6.08 Å². The van der Waals surface area contributed by atoms with Gasteiger partial charge >= 0.3 is 0 Å². The number of halogens is 2. The first-order valence-electron chi connectivity index (χ1n) is 6.55. The maximum atomic E-state index is 12.7. The van der Waals surface area contributed by atoms with Gasteiger partial charge in [0.05, 0.1) is 4.90 Å². The lowest BCUT2D eigenvalue weighted by atomic mass is 10.2. The third kappa shape index (κ3) is 3.99. The maximum Gasteiger partial charge on any atom is 0.243 e. The first-order valence-corrected chi connectivity index (χ1v) is 8.37. The smallest absolute Gasteiger partial charge is 0.243 e. The average Bonchev–Trinajstić information content (AvgIpc) is 2.42. The van der Waals surface area contributed by atoms with Gasteiger partial charge in [0.1, 0.15) is 0 Å². The molecule has 0 N–H and O–H groups in total. The topological polar surface area (TPSA) is 40.6 Å². The Kier molecular flexibility index (Phi) is 6.69. The molecule has 0 aliphatic carbocycles. The standard InChI is InChI=1S/C14H19ClN2O2S.ClH/c1-3-7-16-8-10-17(11-9-16)20(18,19)14-6-4-5-13(15)12(14)2;/h3-6H,1,7-11H2,2H3;1H. The molecule has 0 radical (unpaired) electrons. The fourth-order valence-corrected chi connectivity index (χ4v) is 4.24. The molecule has 4 nitrogen and oxygen atoms in total. The van der Waals surface area contributed by atoms with Gasteiger partial charge in [-0.2, -0.15) is 4.31 Å². The first kappa shape index (κ1) is 18.5. The molecule has 0 unspecified atom stereocenters. The number of piperazine rings is 1. The molecular formula is C14H20Cl2N2O2S. The van der Waals surface area contributed by atoms with Crippen molar-refractivity contribution in [1.82, 2.24) is 9.21 Å². The maximum absolute atomic E-state index is 12.7. The zero-order valence-electron chi connectivity index (χ0n) is 12.0. The van der Waals surface area contributed by atoms with E-state index in [0.717, 1.165) is 19.6 Å². The minimum Gasteiger partial charge on any atom is -0.297 e. The largest absolute Gasteiger partial charge is 0.297 e. The molecule has 7 heteroatoms. The van der Waals surface area contributed by atoms with Crippen LogP contribution in [0.2, 0.25) is 5.02 Å². The highest BCUT2D eigenvalue weighted by atomic mass is 35.5. The Balaban J connectivity index is 0.00000220. The SMILES string of the molecule is C=CCN1CCN(S(=O)(=O)c2cccc(Cl)c2C)CC1.Cl. The first-order chi connectivity index (χ1) is 9.46. The molecule has 0 amide bonds. The van der Waals surface area contributed by atoms with Crippen molar-refractivity contribution >= 4 is 34.0 Å². The van der Waals surface area contributed by atoms with Crippen LogP contribution in [0.25, 0.3) is 0 Å². The van der Waals surface area contributed by atoms with Crippen molar-refractivity contribution in [2.45, 2.75) is 11.8 Å². The molecule has 1 aliphatic rings. The second kappa shape index (κ2) is 7.61. The highest BCUT2D eigenvalue weighted by molar-refractivity contribution is 7.89. The van der Waals surface area contributed by atoms with E-state index in [2.05, 4.69) is 11.5 Å². The summed E-state index contributed by atoms with van der Waals surface area (Å²) in [4.78, 5) is 2.49. The predicted molar refractivity (Wildman–Crippen MR) is 88.8 cm³/mol. The van der Waals surface area contributed by atoms with Crippen LogP contribution in [0.5, 0.6) is 0 Å². The van der Waals surface area contributed by atoms with Crippen LogP contribution in [-0.4, -0.2) is 50.3 Å². The molecule has 21 heavy (non-hydrogen) atoms. The molecule has 118 valence electrons. The van der Waals surface area contributed by atoms with E-state index in [4.69, 9.17) is 11.6 Å². The van der Waals surface area contributed by atoms with Gasteiger partial charge in [-0.3, -0.25) is 4.90 Å². The molecule has 0 atom stereocenters. The normalized spacial score (nSPS) is 17.2. The Morgan fingerprint density at radius 2 is 1.90 bits per heavy atom. The third-order valence-corrected chi connectivity index (χ3v) is 6.01. The van der Waals surface area contributed by atoms with E-state index in [9.17, 15) is 8.42 Å². The Morgan fingerprint density at radius 1 is 1.29 bits per heavy atom. The predicted octanol–water partition coefficient (Wildman–Crippen LogP) is 2.56. The Labute approximate surface area is 137 Å². The average molecular weight is 351 g/mol. The summed E-state index contributed by atoms with van der Waals surface area (Å²) < 4.78 is 26.8. The molecule has 0 spiro atoms. The number of hydrogen-bond donors (Lipinski definition) is 0. The summed E-state index contributed by atoms with van der Waals surface area (Å²) in [6, 6.07) is 5.00. The fraction of sp³-hybridized carbons (Fsp3) is 0.429. The van der Waals surface area contributed by atoms with Crippen LogP contribution in [0.1, 0.15) is 5.56 Å². The summed E-state index contributed by atoms with van der Waals surface area (Å²) >= 11 is 6.02. The van der Waals surface area contributed by atoms with Crippen LogP contribution in [0.3, 0.4) is 0 Å². The van der Waals surface area contributed by atoms with Gasteiger partial charge in [0.15, 0.2) is 0 Å². The molecule has 1 aromatic rings. The molecule has 1 heterocycles. The molecule has 1 saturated heterocycles. The minimum absolute atomic E-state index is 0. The molecular weight excluding hydrogens is 331 g/mol. The molecule has 1 aliphatic heterocycles. The lowest BCUT2D eigenvalue weighted by Gasteiger charge is -2.33. The van der Waals surface area contributed by atoms with E-state index in [1.54, 1.807) is 25.1 Å². The molecule has 0 aromatic heterocycles. The van der Waals surface area contributed by atoms with Crippen molar-refractivity contribution in [2.75, 3.05) is 32.7 Å². The van der Waals surface area contributed by atoms with Crippen molar-refractivity contribution in [3.05, 3.63) is 41.4 Å². The number of sulfonamides is 1. The van der Waals surface area contributed by atoms with Crippen molar-refractivity contribution in [3.63, 3.8) is 0 Å². The molecule has 1 aromatic carbocycles. The van der Waals surface area contributed by atoms with E-state index < -0.39 is 10.0 Å². The van der Waals surface area contributed by atoms with Crippen molar-refractivity contribution in [3.8, 4) is 0 Å². The lowest BCUT2D eigenvalue weighted by molar-refractivity contribution is 0.204. The second-order valence-electron chi connectivity index (χ2n) is 4.86. The minimum atomic E-state index is -3.46. The lowest BCUT2D eigenvalue weighted by Crippen LogP contribution is -2.48. The molecule has 0 saturated carbocycles. The summed E-state index contributed by atoms with van der Waals surface area (Å²) in [6.45, 7) is 8.70. The Morgan fingerprint density at radius 3 is 2.48 bits per heavy atom. The highest BCUT2D eigenvalue weighted by Gasteiger charge is 2.29. The van der Waals surface area contributed by atoms with Crippen LogP contribution >= 0.6 is 24.0 Å². The van der Waals surface area contributed by atoms with Gasteiger partial charge in [0.25, 0.3) is 0 Å². The monoisotopic (exact) mass is 350 g/mol. The highest BCUT2D eigenvalue weighted by Crippen LogP contribution is 2.26. The van der Waals surface area contributed by atoms with E-state index in [0.29, 0.717) is 28.6 Å². The van der Waals surface area contributed by atoms with Crippen LogP contribution in [0.15, 0.2) is 35.7 Å². The van der Waals surface area contributed by atoms with Crippen molar-refractivity contribution in [1.29, 1.82) is 0 Å². The van der Waals surface area contributed by atoms with Crippen molar-refractivity contribution in [2.24, 2.45) is 0 Å². The van der Waals surface area contributed by atoms with Gasteiger partial charge in [-0.25, -0.2) is 8.42 Å². The van der Waals surface area contributed by atoms with Gasteiger partial charge in [-0.1, -0.05) is 23.7 Å². The van der Waals surface area contributed by atoms with Crippen LogP contribution < -0.4 is 0 Å². The Bertz CT molecular complexity index is 597. The quantitative estimate of drug-likeness (QED) is 0.783. The molecule has 1 fully saturated rings. The third-order valence-electron chi connectivity index (χ3n) is 3.55. The molecule has 0 bridgehead atoms. The number of benzene rings is 1. The van der Waals surface area contributed by atoms with Gasteiger partial charge in [-0.05, 0) is 24.6 Å². The summed E-state index contributed by atoms with van der Waals surface area (Å²) in [5, 5.41) is 0.483. The number of nitrogens with zero attached hydrogens (tertiary/aromatic N) is 2. The summed E-state index contributed by atoms with van der Waals surface area (Å²) in [7, 11) is -3.46. The summed E-state index contributed by atoms with van der Waals surface area (Å²) in [5.41, 5.74) is 0.614. The van der Waals surface area contributed by atoms with Crippen LogP contribution in [-0.2, 0) is 10.0 Å². The zero-order valence-corrected chi connectivity index (χ0v) is 14.3. The summed E-state index contributed by atoms with van der Waals surface area (Å²) in [6.07, 6.45) is 1.84. The van der Waals surface area contributed by atoms with Gasteiger partial charge < -0.3 is 0 Å².